The summed E-state index contributed by atoms with van der Waals surface area (Å²) in [5, 5.41) is 7.03. The Labute approximate surface area is 167 Å². The van der Waals surface area contributed by atoms with Gasteiger partial charge in [-0.1, -0.05) is 24.2 Å². The van der Waals surface area contributed by atoms with Gasteiger partial charge in [-0.2, -0.15) is 0 Å². The Morgan fingerprint density at radius 2 is 1.93 bits per heavy atom. The second-order valence-corrected chi connectivity index (χ2v) is 8.26. The number of rotatable bonds is 6. The first-order valence-electron chi connectivity index (χ1n) is 10.1. The van der Waals surface area contributed by atoms with Crippen molar-refractivity contribution in [2.75, 3.05) is 32.1 Å². The fourth-order valence-corrected chi connectivity index (χ4v) is 3.66. The molecule has 1 aliphatic rings. The molecular weight excluding hydrogens is 352 g/mol. The van der Waals surface area contributed by atoms with Gasteiger partial charge in [-0.3, -0.25) is 4.79 Å². The minimum absolute atomic E-state index is 0.104. The molecule has 1 saturated heterocycles. The number of aromatic nitrogens is 1. The highest BCUT2D eigenvalue weighted by molar-refractivity contribution is 5.94. The van der Waals surface area contributed by atoms with Gasteiger partial charge in [0.1, 0.15) is 5.76 Å². The first kappa shape index (κ1) is 20.4. The Morgan fingerprint density at radius 3 is 2.54 bits per heavy atom. The molecule has 0 aliphatic carbocycles. The summed E-state index contributed by atoms with van der Waals surface area (Å²) in [6, 6.07) is 8.42. The van der Waals surface area contributed by atoms with Gasteiger partial charge in [-0.25, -0.2) is 0 Å². The quantitative estimate of drug-likeness (QED) is 0.821. The molecule has 6 nitrogen and oxygen atoms in total. The van der Waals surface area contributed by atoms with Gasteiger partial charge in [0.25, 0.3) is 5.91 Å². The largest absolute Gasteiger partial charge is 0.372 e. The van der Waals surface area contributed by atoms with Crippen molar-refractivity contribution in [1.29, 1.82) is 0 Å². The van der Waals surface area contributed by atoms with E-state index in [0.717, 1.165) is 30.1 Å². The van der Waals surface area contributed by atoms with E-state index in [1.165, 1.54) is 18.5 Å². The van der Waals surface area contributed by atoms with Gasteiger partial charge in [-0.05, 0) is 64.4 Å². The van der Waals surface area contributed by atoms with Crippen molar-refractivity contribution < 1.29 is 9.32 Å². The summed E-state index contributed by atoms with van der Waals surface area (Å²) in [4.78, 5) is 17.2. The molecule has 1 fully saturated rings. The lowest BCUT2D eigenvalue weighted by Gasteiger charge is -2.32. The van der Waals surface area contributed by atoms with Crippen molar-refractivity contribution >= 4 is 11.6 Å². The molecule has 0 bridgehead atoms. The molecule has 1 aromatic carbocycles. The molecule has 3 rings (SSSR count). The van der Waals surface area contributed by atoms with E-state index in [2.05, 4.69) is 46.6 Å². The van der Waals surface area contributed by atoms with Crippen LogP contribution in [0.5, 0.6) is 0 Å². The van der Waals surface area contributed by atoms with E-state index in [1.807, 2.05) is 32.8 Å². The van der Waals surface area contributed by atoms with Crippen LogP contribution in [0.4, 0.5) is 5.69 Å². The molecule has 1 aromatic heterocycles. The van der Waals surface area contributed by atoms with Crippen LogP contribution in [0.3, 0.4) is 0 Å². The van der Waals surface area contributed by atoms with Gasteiger partial charge in [0.2, 0.25) is 0 Å². The summed E-state index contributed by atoms with van der Waals surface area (Å²) in [7, 11) is 3.92. The van der Waals surface area contributed by atoms with E-state index in [1.54, 1.807) is 0 Å². The Kier molecular flexibility index (Phi) is 6.39. The van der Waals surface area contributed by atoms with Crippen LogP contribution in [0, 0.1) is 12.8 Å². The molecule has 2 heterocycles. The van der Waals surface area contributed by atoms with Gasteiger partial charge in [0.05, 0.1) is 6.04 Å². The fraction of sp³-hybridized carbons (Fsp3) is 0.545. The molecule has 28 heavy (non-hydrogen) atoms. The number of amides is 1. The summed E-state index contributed by atoms with van der Waals surface area (Å²) < 4.78 is 5.25. The predicted molar refractivity (Wildman–Crippen MR) is 112 cm³/mol. The van der Waals surface area contributed by atoms with Crippen LogP contribution in [0.2, 0.25) is 0 Å². The topological polar surface area (TPSA) is 61.6 Å². The normalized spacial score (nSPS) is 16.4. The summed E-state index contributed by atoms with van der Waals surface area (Å²) >= 11 is 0. The molecule has 0 unspecified atom stereocenters. The van der Waals surface area contributed by atoms with Crippen molar-refractivity contribution in [2.24, 2.45) is 5.92 Å². The zero-order valence-corrected chi connectivity index (χ0v) is 17.7. The molecule has 2 aromatic rings. The molecule has 0 radical (unpaired) electrons. The van der Waals surface area contributed by atoms with Crippen LogP contribution < -0.4 is 10.2 Å². The fourth-order valence-electron chi connectivity index (χ4n) is 3.66. The van der Waals surface area contributed by atoms with Gasteiger partial charge >= 0.3 is 0 Å². The molecule has 1 atom stereocenters. The number of carbonyl (C=O) groups excluding carboxylic acids is 1. The number of piperidine rings is 1. The van der Waals surface area contributed by atoms with Crippen molar-refractivity contribution in [1.82, 2.24) is 15.4 Å². The number of nitrogens with one attached hydrogen (secondary N) is 1. The first-order chi connectivity index (χ1) is 13.3. The Bertz CT molecular complexity index is 789. The SMILES string of the molecule is Cc1onc(C(=O)N[C@H](C)c2ccc(N3CCC(C)CC3)cc2)c1CN(C)C. The van der Waals surface area contributed by atoms with E-state index in [0.29, 0.717) is 18.0 Å². The van der Waals surface area contributed by atoms with Crippen LogP contribution in [0.25, 0.3) is 0 Å². The third-order valence-corrected chi connectivity index (χ3v) is 5.56. The van der Waals surface area contributed by atoms with Crippen LogP contribution in [-0.4, -0.2) is 43.1 Å². The average molecular weight is 385 g/mol. The molecule has 152 valence electrons. The Hall–Kier alpha value is -2.34. The molecule has 6 heteroatoms. The van der Waals surface area contributed by atoms with Crippen molar-refractivity contribution in [2.45, 2.75) is 46.2 Å². The maximum atomic E-state index is 12.7. The van der Waals surface area contributed by atoms with E-state index >= 15 is 0 Å². The molecule has 1 aliphatic heterocycles. The maximum absolute atomic E-state index is 12.7. The number of benzene rings is 1. The number of hydrogen-bond acceptors (Lipinski definition) is 5. The highest BCUT2D eigenvalue weighted by Gasteiger charge is 2.22. The van der Waals surface area contributed by atoms with Gasteiger partial charge in [-0.15, -0.1) is 0 Å². The van der Waals surface area contributed by atoms with Gasteiger partial charge in [0.15, 0.2) is 5.69 Å². The van der Waals surface area contributed by atoms with Crippen LogP contribution in [0.15, 0.2) is 28.8 Å². The third kappa shape index (κ3) is 4.73. The lowest BCUT2D eigenvalue weighted by molar-refractivity contribution is 0.0929. The predicted octanol–water partition coefficient (Wildman–Crippen LogP) is 3.77. The van der Waals surface area contributed by atoms with E-state index in [4.69, 9.17) is 4.52 Å². The van der Waals surface area contributed by atoms with Gasteiger partial charge in [0, 0.05) is 30.9 Å². The van der Waals surface area contributed by atoms with E-state index < -0.39 is 0 Å². The molecule has 1 amide bonds. The van der Waals surface area contributed by atoms with Crippen LogP contribution in [0.1, 0.15) is 60.1 Å². The summed E-state index contributed by atoms with van der Waals surface area (Å²) in [5.41, 5.74) is 3.55. The minimum Gasteiger partial charge on any atom is -0.372 e. The van der Waals surface area contributed by atoms with Crippen LogP contribution >= 0.6 is 0 Å². The molecular formula is C22H32N4O2. The zero-order chi connectivity index (χ0) is 20.3. The minimum atomic E-state index is -0.199. The highest BCUT2D eigenvalue weighted by atomic mass is 16.5. The second kappa shape index (κ2) is 8.78. The number of carbonyl (C=O) groups is 1. The van der Waals surface area contributed by atoms with Crippen molar-refractivity contribution in [3.05, 3.63) is 46.8 Å². The monoisotopic (exact) mass is 384 g/mol. The standard InChI is InChI=1S/C22H32N4O2/c1-15-10-12-26(13-11-15)19-8-6-18(7-9-19)16(2)23-22(27)21-20(14-25(4)5)17(3)28-24-21/h6-9,15-16H,10-14H2,1-5H3,(H,23,27)/t16-/m1/s1. The molecule has 0 saturated carbocycles. The second-order valence-electron chi connectivity index (χ2n) is 8.26. The average Bonchev–Trinajstić information content (AvgIpc) is 3.02. The summed E-state index contributed by atoms with van der Waals surface area (Å²) in [6.07, 6.45) is 2.50. The number of hydrogen-bond donors (Lipinski definition) is 1. The third-order valence-electron chi connectivity index (χ3n) is 5.56. The summed E-state index contributed by atoms with van der Waals surface area (Å²) in [5.74, 6) is 1.31. The number of anilines is 1. The van der Waals surface area contributed by atoms with E-state index in [-0.39, 0.29) is 11.9 Å². The zero-order valence-electron chi connectivity index (χ0n) is 17.7. The highest BCUT2D eigenvalue weighted by Crippen LogP contribution is 2.25. The Balaban J connectivity index is 1.65. The van der Waals surface area contributed by atoms with Gasteiger partial charge < -0.3 is 19.6 Å². The molecule has 0 spiro atoms. The van der Waals surface area contributed by atoms with E-state index in [9.17, 15) is 4.79 Å². The van der Waals surface area contributed by atoms with Crippen LogP contribution in [-0.2, 0) is 6.54 Å². The first-order valence-corrected chi connectivity index (χ1v) is 10.1. The molecule has 1 N–H and O–H groups in total. The number of aryl methyl sites for hydroxylation is 1. The Morgan fingerprint density at radius 1 is 1.29 bits per heavy atom. The summed E-state index contributed by atoms with van der Waals surface area (Å²) in [6.45, 7) is 9.01. The van der Waals surface area contributed by atoms with Crippen molar-refractivity contribution in [3.63, 3.8) is 0 Å². The van der Waals surface area contributed by atoms with Crippen molar-refractivity contribution in [3.8, 4) is 0 Å². The maximum Gasteiger partial charge on any atom is 0.274 e. The lowest BCUT2D eigenvalue weighted by Crippen LogP contribution is -2.32. The lowest BCUT2D eigenvalue weighted by atomic mass is 9.98. The smallest absolute Gasteiger partial charge is 0.274 e. The number of nitrogens with zero attached hydrogens (tertiary/aromatic N) is 3.